The number of anilines is 1. The molecule has 2 N–H and O–H groups in total. The molecule has 1 atom stereocenters. The molecule has 0 radical (unpaired) electrons. The fraction of sp³-hybridized carbons (Fsp3) is 0.417. The number of hydrogen-bond donors (Lipinski definition) is 1. The Bertz CT molecular complexity index is 481. The number of amides is 1. The third-order valence-corrected chi connectivity index (χ3v) is 3.97. The maximum Gasteiger partial charge on any atom is 0.227 e. The van der Waals surface area contributed by atoms with E-state index in [0.717, 1.165) is 4.47 Å². The minimum atomic E-state index is 0.0525. The molecule has 1 aromatic carbocycles. The first kappa shape index (κ1) is 13.6. The Hall–Kier alpha value is -0.780. The summed E-state index contributed by atoms with van der Waals surface area (Å²) in [4.78, 5) is 13.6. The molecular weight excluding hydrogens is 320 g/mol. The first-order chi connectivity index (χ1) is 8.56. The molecule has 1 fully saturated rings. The molecule has 1 unspecified atom stereocenters. The number of carbonyl (C=O) groups is 1. The van der Waals surface area contributed by atoms with E-state index in [-0.39, 0.29) is 11.8 Å². The summed E-state index contributed by atoms with van der Waals surface area (Å²) in [5.41, 5.74) is 6.29. The first-order valence-corrected chi connectivity index (χ1v) is 6.77. The monoisotopic (exact) mass is 332 g/mol. The molecule has 1 aliphatic heterocycles. The SMILES string of the molecule is COc1cc(N2CC(CN)CC2=O)c(Cl)cc1Br. The summed E-state index contributed by atoms with van der Waals surface area (Å²) in [5.74, 6) is 0.901. The zero-order valence-corrected chi connectivity index (χ0v) is 12.3. The van der Waals surface area contributed by atoms with Crippen LogP contribution in [0.15, 0.2) is 16.6 Å². The number of methoxy groups -OCH3 is 1. The van der Waals surface area contributed by atoms with Crippen molar-refractivity contribution in [2.45, 2.75) is 6.42 Å². The molecule has 0 bridgehead atoms. The lowest BCUT2D eigenvalue weighted by atomic mass is 10.1. The molecule has 1 aliphatic rings. The highest BCUT2D eigenvalue weighted by atomic mass is 79.9. The maximum absolute atomic E-state index is 11.9. The number of halogens is 2. The number of rotatable bonds is 3. The molecule has 1 heterocycles. The van der Waals surface area contributed by atoms with Gasteiger partial charge >= 0.3 is 0 Å². The molecule has 1 amide bonds. The van der Waals surface area contributed by atoms with Crippen LogP contribution in [0.25, 0.3) is 0 Å². The average Bonchev–Trinajstić information content (AvgIpc) is 2.71. The Labute approximate surface area is 119 Å². The van der Waals surface area contributed by atoms with Gasteiger partial charge in [0.15, 0.2) is 0 Å². The van der Waals surface area contributed by atoms with Gasteiger partial charge in [-0.05, 0) is 34.5 Å². The van der Waals surface area contributed by atoms with Crippen molar-refractivity contribution in [2.75, 3.05) is 25.1 Å². The fourth-order valence-electron chi connectivity index (χ4n) is 2.05. The normalized spacial score (nSPS) is 19.4. The van der Waals surface area contributed by atoms with Crippen molar-refractivity contribution in [3.8, 4) is 5.75 Å². The minimum Gasteiger partial charge on any atom is -0.495 e. The highest BCUT2D eigenvalue weighted by Crippen LogP contribution is 2.38. The molecule has 98 valence electrons. The summed E-state index contributed by atoms with van der Waals surface area (Å²) in [5, 5.41) is 0.522. The average molecular weight is 334 g/mol. The van der Waals surface area contributed by atoms with Crippen LogP contribution in [0.1, 0.15) is 6.42 Å². The van der Waals surface area contributed by atoms with E-state index in [9.17, 15) is 4.79 Å². The van der Waals surface area contributed by atoms with Crippen LogP contribution >= 0.6 is 27.5 Å². The van der Waals surface area contributed by atoms with Crippen molar-refractivity contribution in [3.05, 3.63) is 21.6 Å². The van der Waals surface area contributed by atoms with E-state index in [4.69, 9.17) is 22.1 Å². The molecule has 2 rings (SSSR count). The van der Waals surface area contributed by atoms with Crippen LogP contribution in [0.5, 0.6) is 5.75 Å². The Morgan fingerprint density at radius 1 is 1.61 bits per heavy atom. The number of ether oxygens (including phenoxy) is 1. The molecular formula is C12H14BrClN2O2. The lowest BCUT2D eigenvalue weighted by Crippen LogP contribution is -2.26. The second-order valence-electron chi connectivity index (χ2n) is 4.25. The second-order valence-corrected chi connectivity index (χ2v) is 5.51. The van der Waals surface area contributed by atoms with Crippen LogP contribution in [0, 0.1) is 5.92 Å². The van der Waals surface area contributed by atoms with E-state index in [2.05, 4.69) is 15.9 Å². The van der Waals surface area contributed by atoms with E-state index in [0.29, 0.717) is 36.0 Å². The molecule has 1 saturated heterocycles. The third kappa shape index (κ3) is 2.48. The summed E-state index contributed by atoms with van der Waals surface area (Å²) in [7, 11) is 1.58. The Morgan fingerprint density at radius 2 is 2.33 bits per heavy atom. The molecule has 0 saturated carbocycles. The topological polar surface area (TPSA) is 55.6 Å². The number of hydrogen-bond acceptors (Lipinski definition) is 3. The second kappa shape index (κ2) is 5.47. The summed E-state index contributed by atoms with van der Waals surface area (Å²) in [6.45, 7) is 1.12. The van der Waals surface area contributed by atoms with Crippen molar-refractivity contribution in [1.29, 1.82) is 0 Å². The maximum atomic E-state index is 11.9. The van der Waals surface area contributed by atoms with Gasteiger partial charge in [-0.25, -0.2) is 0 Å². The number of nitrogens with zero attached hydrogens (tertiary/aromatic N) is 1. The summed E-state index contributed by atoms with van der Waals surface area (Å²) in [6.07, 6.45) is 0.477. The van der Waals surface area contributed by atoms with Gasteiger partial charge in [-0.1, -0.05) is 11.6 Å². The van der Waals surface area contributed by atoms with E-state index in [1.54, 1.807) is 24.1 Å². The van der Waals surface area contributed by atoms with Crippen LogP contribution < -0.4 is 15.4 Å². The van der Waals surface area contributed by atoms with E-state index in [1.165, 1.54) is 0 Å². The van der Waals surface area contributed by atoms with E-state index >= 15 is 0 Å². The zero-order valence-electron chi connectivity index (χ0n) is 9.95. The predicted octanol–water partition coefficient (Wildman–Crippen LogP) is 2.42. The van der Waals surface area contributed by atoms with Crippen LogP contribution in [0.3, 0.4) is 0 Å². The highest BCUT2D eigenvalue weighted by molar-refractivity contribution is 9.10. The molecule has 6 heteroatoms. The van der Waals surface area contributed by atoms with Gasteiger partial charge in [0, 0.05) is 19.0 Å². The summed E-state index contributed by atoms with van der Waals surface area (Å²) < 4.78 is 5.99. The zero-order chi connectivity index (χ0) is 13.3. The van der Waals surface area contributed by atoms with Crippen LogP contribution in [0.2, 0.25) is 5.02 Å². The van der Waals surface area contributed by atoms with Crippen molar-refractivity contribution < 1.29 is 9.53 Å². The Balaban J connectivity index is 2.36. The number of benzene rings is 1. The quantitative estimate of drug-likeness (QED) is 0.924. The molecule has 18 heavy (non-hydrogen) atoms. The van der Waals surface area contributed by atoms with Crippen molar-refractivity contribution in [1.82, 2.24) is 0 Å². The smallest absolute Gasteiger partial charge is 0.227 e. The standard InChI is InChI=1S/C12H14BrClN2O2/c1-18-11-4-10(9(14)3-8(11)13)16-6-7(5-15)2-12(16)17/h3-4,7H,2,5-6,15H2,1H3. The summed E-state index contributed by atoms with van der Waals surface area (Å²) in [6, 6.07) is 3.50. The van der Waals surface area contributed by atoms with Gasteiger partial charge < -0.3 is 15.4 Å². The van der Waals surface area contributed by atoms with Gasteiger partial charge in [-0.3, -0.25) is 4.79 Å². The van der Waals surface area contributed by atoms with Gasteiger partial charge in [-0.2, -0.15) is 0 Å². The Kier molecular flexibility index (Phi) is 4.14. The minimum absolute atomic E-state index is 0.0525. The van der Waals surface area contributed by atoms with Gasteiger partial charge in [-0.15, -0.1) is 0 Å². The third-order valence-electron chi connectivity index (χ3n) is 3.05. The van der Waals surface area contributed by atoms with Crippen molar-refractivity contribution in [2.24, 2.45) is 11.7 Å². The van der Waals surface area contributed by atoms with Crippen molar-refractivity contribution >= 4 is 39.1 Å². The van der Waals surface area contributed by atoms with Crippen LogP contribution in [0.4, 0.5) is 5.69 Å². The number of carbonyl (C=O) groups excluding carboxylic acids is 1. The number of nitrogens with two attached hydrogens (primary N) is 1. The molecule has 0 aliphatic carbocycles. The van der Waals surface area contributed by atoms with E-state index in [1.807, 2.05) is 0 Å². The lowest BCUT2D eigenvalue weighted by Gasteiger charge is -2.19. The first-order valence-electron chi connectivity index (χ1n) is 5.60. The fourth-order valence-corrected chi connectivity index (χ4v) is 2.96. The molecule has 4 nitrogen and oxygen atoms in total. The van der Waals surface area contributed by atoms with Gasteiger partial charge in [0.25, 0.3) is 0 Å². The highest BCUT2D eigenvalue weighted by Gasteiger charge is 2.31. The van der Waals surface area contributed by atoms with Crippen molar-refractivity contribution in [3.63, 3.8) is 0 Å². The van der Waals surface area contributed by atoms with E-state index < -0.39 is 0 Å². The summed E-state index contributed by atoms with van der Waals surface area (Å²) >= 11 is 9.54. The largest absolute Gasteiger partial charge is 0.495 e. The van der Waals surface area contributed by atoms with Crippen LogP contribution in [-0.2, 0) is 4.79 Å². The van der Waals surface area contributed by atoms with Gasteiger partial charge in [0.05, 0.1) is 22.3 Å². The lowest BCUT2D eigenvalue weighted by molar-refractivity contribution is -0.117. The molecule has 0 spiro atoms. The Morgan fingerprint density at radius 3 is 2.89 bits per heavy atom. The van der Waals surface area contributed by atoms with Gasteiger partial charge in [0.2, 0.25) is 5.91 Å². The van der Waals surface area contributed by atoms with Crippen LogP contribution in [-0.4, -0.2) is 26.1 Å². The molecule has 1 aromatic rings. The van der Waals surface area contributed by atoms with Gasteiger partial charge in [0.1, 0.15) is 5.75 Å². The molecule has 0 aromatic heterocycles. The predicted molar refractivity (Wildman–Crippen MR) is 75.2 cm³/mol.